The largest absolute Gasteiger partial charge is 0.390 e. The summed E-state index contributed by atoms with van der Waals surface area (Å²) in [6.45, 7) is 1.73. The van der Waals surface area contributed by atoms with Crippen LogP contribution in [0.5, 0.6) is 0 Å². The van der Waals surface area contributed by atoms with Gasteiger partial charge in [-0.1, -0.05) is 13.0 Å². The van der Waals surface area contributed by atoms with Gasteiger partial charge in [-0.05, 0) is 24.3 Å². The maximum atomic E-state index is 11.0. The molecule has 3 heteroatoms. The Hall–Kier alpha value is -1.48. The van der Waals surface area contributed by atoms with Gasteiger partial charge >= 0.3 is 0 Å². The highest BCUT2D eigenvalue weighted by Gasteiger charge is 1.94. The molecule has 14 heavy (non-hydrogen) atoms. The standard InChI is InChI=1S/C11H13NO2/c1-2-11(14)7-6-9-4-3-5-10(8-13)12-9/h3-7,13H,2,8H2,1H3. The number of aromatic nitrogens is 1. The maximum absolute atomic E-state index is 11.0. The molecule has 0 bridgehead atoms. The van der Waals surface area contributed by atoms with Gasteiger partial charge in [0.15, 0.2) is 5.78 Å². The Morgan fingerprint density at radius 2 is 2.36 bits per heavy atom. The van der Waals surface area contributed by atoms with Crippen molar-refractivity contribution in [3.05, 3.63) is 35.7 Å². The molecule has 0 aliphatic carbocycles. The van der Waals surface area contributed by atoms with Gasteiger partial charge in [-0.2, -0.15) is 0 Å². The van der Waals surface area contributed by atoms with E-state index in [-0.39, 0.29) is 12.4 Å². The highest BCUT2D eigenvalue weighted by molar-refractivity contribution is 5.93. The molecule has 1 heterocycles. The van der Waals surface area contributed by atoms with Crippen LogP contribution in [0.2, 0.25) is 0 Å². The van der Waals surface area contributed by atoms with Crippen LogP contribution in [-0.4, -0.2) is 15.9 Å². The second-order valence-electron chi connectivity index (χ2n) is 2.87. The Morgan fingerprint density at radius 1 is 1.57 bits per heavy atom. The summed E-state index contributed by atoms with van der Waals surface area (Å²) in [5, 5.41) is 8.83. The molecule has 0 amide bonds. The van der Waals surface area contributed by atoms with Gasteiger partial charge in [-0.15, -0.1) is 0 Å². The summed E-state index contributed by atoms with van der Waals surface area (Å²) < 4.78 is 0. The normalized spacial score (nSPS) is 10.7. The van der Waals surface area contributed by atoms with Crippen molar-refractivity contribution in [2.24, 2.45) is 0 Å². The summed E-state index contributed by atoms with van der Waals surface area (Å²) >= 11 is 0. The van der Waals surface area contributed by atoms with Crippen LogP contribution in [-0.2, 0) is 11.4 Å². The van der Waals surface area contributed by atoms with Gasteiger partial charge in [0.1, 0.15) is 0 Å². The number of hydrogen-bond donors (Lipinski definition) is 1. The summed E-state index contributed by atoms with van der Waals surface area (Å²) in [6, 6.07) is 5.33. The summed E-state index contributed by atoms with van der Waals surface area (Å²) in [5.74, 6) is 0.0706. The minimum absolute atomic E-state index is 0.0706. The van der Waals surface area contributed by atoms with Crippen molar-refractivity contribution >= 4 is 11.9 Å². The molecule has 0 aliphatic rings. The second kappa shape index (κ2) is 5.29. The van der Waals surface area contributed by atoms with Crippen LogP contribution in [0.25, 0.3) is 6.08 Å². The molecular formula is C11H13NO2. The molecule has 1 rings (SSSR count). The van der Waals surface area contributed by atoms with Crippen LogP contribution in [0.1, 0.15) is 24.7 Å². The summed E-state index contributed by atoms with van der Waals surface area (Å²) in [5.41, 5.74) is 1.30. The van der Waals surface area contributed by atoms with E-state index >= 15 is 0 Å². The molecule has 0 radical (unpaired) electrons. The van der Waals surface area contributed by atoms with Crippen LogP contribution in [0, 0.1) is 0 Å². The van der Waals surface area contributed by atoms with Crippen molar-refractivity contribution in [3.63, 3.8) is 0 Å². The molecule has 1 aromatic rings. The Bertz CT molecular complexity index is 345. The van der Waals surface area contributed by atoms with Crippen molar-refractivity contribution in [3.8, 4) is 0 Å². The van der Waals surface area contributed by atoms with Crippen molar-refractivity contribution in [2.45, 2.75) is 20.0 Å². The third-order valence-corrected chi connectivity index (χ3v) is 1.78. The molecule has 0 fully saturated rings. The summed E-state index contributed by atoms with van der Waals surface area (Å²) in [4.78, 5) is 15.1. The SMILES string of the molecule is CCC(=O)C=Cc1cccc(CO)n1. The number of carbonyl (C=O) groups is 1. The van der Waals surface area contributed by atoms with Crippen LogP contribution in [0.4, 0.5) is 0 Å². The van der Waals surface area contributed by atoms with E-state index in [0.29, 0.717) is 17.8 Å². The first-order valence-electron chi connectivity index (χ1n) is 4.54. The van der Waals surface area contributed by atoms with E-state index in [1.165, 1.54) is 6.08 Å². The van der Waals surface area contributed by atoms with Gasteiger partial charge in [0.05, 0.1) is 18.0 Å². The highest BCUT2D eigenvalue weighted by Crippen LogP contribution is 2.01. The van der Waals surface area contributed by atoms with E-state index in [0.717, 1.165) is 0 Å². The lowest BCUT2D eigenvalue weighted by Gasteiger charge is -1.96. The van der Waals surface area contributed by atoms with Crippen LogP contribution >= 0.6 is 0 Å². The first kappa shape index (κ1) is 10.6. The van der Waals surface area contributed by atoms with Crippen molar-refractivity contribution in [1.29, 1.82) is 0 Å². The number of carbonyl (C=O) groups excluding carboxylic acids is 1. The molecule has 1 aromatic heterocycles. The molecule has 0 saturated carbocycles. The zero-order valence-corrected chi connectivity index (χ0v) is 8.10. The van der Waals surface area contributed by atoms with Gasteiger partial charge in [0.2, 0.25) is 0 Å². The number of pyridine rings is 1. The molecule has 0 atom stereocenters. The zero-order chi connectivity index (χ0) is 10.4. The average molecular weight is 191 g/mol. The lowest BCUT2D eigenvalue weighted by Crippen LogP contribution is -1.91. The van der Waals surface area contributed by atoms with Gasteiger partial charge in [0.25, 0.3) is 0 Å². The van der Waals surface area contributed by atoms with E-state index in [1.54, 1.807) is 24.3 Å². The lowest BCUT2D eigenvalue weighted by molar-refractivity contribution is -0.114. The van der Waals surface area contributed by atoms with Gasteiger partial charge in [-0.3, -0.25) is 9.78 Å². The quantitative estimate of drug-likeness (QED) is 0.735. The number of rotatable bonds is 4. The second-order valence-corrected chi connectivity index (χ2v) is 2.87. The fraction of sp³-hybridized carbons (Fsp3) is 0.273. The van der Waals surface area contributed by atoms with Crippen molar-refractivity contribution in [1.82, 2.24) is 4.98 Å². The van der Waals surface area contributed by atoms with Crippen LogP contribution < -0.4 is 0 Å². The maximum Gasteiger partial charge on any atom is 0.155 e. The zero-order valence-electron chi connectivity index (χ0n) is 8.10. The van der Waals surface area contributed by atoms with E-state index in [4.69, 9.17) is 5.11 Å². The predicted octanol–water partition coefficient (Wildman–Crippen LogP) is 1.57. The minimum atomic E-state index is -0.0800. The topological polar surface area (TPSA) is 50.2 Å². The molecular weight excluding hydrogens is 178 g/mol. The van der Waals surface area contributed by atoms with E-state index in [2.05, 4.69) is 4.98 Å². The third kappa shape index (κ3) is 3.11. The summed E-state index contributed by atoms with van der Waals surface area (Å²) in [7, 11) is 0. The molecule has 3 nitrogen and oxygen atoms in total. The first-order valence-corrected chi connectivity index (χ1v) is 4.54. The third-order valence-electron chi connectivity index (χ3n) is 1.78. The molecule has 0 aliphatic heterocycles. The molecule has 0 unspecified atom stereocenters. The number of hydrogen-bond acceptors (Lipinski definition) is 3. The Morgan fingerprint density at radius 3 is 3.00 bits per heavy atom. The molecule has 0 aromatic carbocycles. The fourth-order valence-corrected chi connectivity index (χ4v) is 0.975. The lowest BCUT2D eigenvalue weighted by atomic mass is 10.2. The number of allylic oxidation sites excluding steroid dienone is 1. The number of aliphatic hydroxyl groups excluding tert-OH is 1. The molecule has 0 spiro atoms. The minimum Gasteiger partial charge on any atom is -0.390 e. The van der Waals surface area contributed by atoms with E-state index < -0.39 is 0 Å². The monoisotopic (exact) mass is 191 g/mol. The van der Waals surface area contributed by atoms with Crippen LogP contribution in [0.3, 0.4) is 0 Å². The van der Waals surface area contributed by atoms with Gasteiger partial charge in [-0.25, -0.2) is 0 Å². The van der Waals surface area contributed by atoms with Crippen molar-refractivity contribution < 1.29 is 9.90 Å². The predicted molar refractivity (Wildman–Crippen MR) is 54.5 cm³/mol. The smallest absolute Gasteiger partial charge is 0.155 e. The molecule has 74 valence electrons. The average Bonchev–Trinajstić information content (AvgIpc) is 2.26. The Balaban J connectivity index is 2.76. The van der Waals surface area contributed by atoms with Crippen LogP contribution in [0.15, 0.2) is 24.3 Å². The van der Waals surface area contributed by atoms with E-state index in [9.17, 15) is 4.79 Å². The Kier molecular flexibility index (Phi) is 4.01. The summed E-state index contributed by atoms with van der Waals surface area (Å²) in [6.07, 6.45) is 3.66. The first-order chi connectivity index (χ1) is 6.76. The van der Waals surface area contributed by atoms with E-state index in [1.807, 2.05) is 6.92 Å². The molecule has 1 N–H and O–H groups in total. The Labute approximate surface area is 83.1 Å². The fourth-order valence-electron chi connectivity index (χ4n) is 0.975. The van der Waals surface area contributed by atoms with Gasteiger partial charge < -0.3 is 5.11 Å². The number of nitrogens with zero attached hydrogens (tertiary/aromatic N) is 1. The molecule has 0 saturated heterocycles. The van der Waals surface area contributed by atoms with Crippen molar-refractivity contribution in [2.75, 3.05) is 0 Å². The number of aliphatic hydroxyl groups is 1. The highest BCUT2D eigenvalue weighted by atomic mass is 16.3. The van der Waals surface area contributed by atoms with Gasteiger partial charge in [0, 0.05) is 6.42 Å². The number of ketones is 1.